The molecule has 7 nitrogen and oxygen atoms in total. The lowest BCUT2D eigenvalue weighted by atomic mass is 9.98. The monoisotopic (exact) mass is 507 g/mol. The molecule has 1 saturated heterocycles. The van der Waals surface area contributed by atoms with E-state index in [4.69, 9.17) is 11.6 Å². The minimum atomic E-state index is -3.57. The number of carbonyl (C=O) groups is 1. The number of hydrogen-bond donors (Lipinski definition) is 1. The molecule has 1 atom stereocenters. The van der Waals surface area contributed by atoms with Crippen LogP contribution in [0.2, 0.25) is 5.02 Å². The summed E-state index contributed by atoms with van der Waals surface area (Å²) in [6.45, 7) is 4.46. The van der Waals surface area contributed by atoms with Gasteiger partial charge in [-0.3, -0.25) is 14.2 Å². The Labute approximate surface area is 202 Å². The molecule has 3 aromatic rings. The molecule has 0 radical (unpaired) electrons. The number of amides is 1. The third kappa shape index (κ3) is 5.32. The van der Waals surface area contributed by atoms with Gasteiger partial charge in [0.25, 0.3) is 0 Å². The van der Waals surface area contributed by atoms with Crippen LogP contribution in [-0.2, 0) is 20.6 Å². The summed E-state index contributed by atoms with van der Waals surface area (Å²) in [7, 11) is -3.57. The third-order valence-electron chi connectivity index (χ3n) is 5.78. The van der Waals surface area contributed by atoms with E-state index in [9.17, 15) is 18.0 Å². The predicted octanol–water partition coefficient (Wildman–Crippen LogP) is 4.48. The number of rotatable bonds is 6. The van der Waals surface area contributed by atoms with Crippen molar-refractivity contribution in [1.82, 2.24) is 8.87 Å². The first-order valence-electron chi connectivity index (χ1n) is 10.8. The summed E-state index contributed by atoms with van der Waals surface area (Å²) >= 11 is 7.13. The Hall–Kier alpha value is -2.20. The maximum atomic E-state index is 12.9. The Bertz CT molecular complexity index is 1350. The van der Waals surface area contributed by atoms with Gasteiger partial charge in [0.05, 0.1) is 21.9 Å². The standard InChI is InChI=1S/C23H26ClN3O4S2/c1-15(2)27-20-9-8-19(12-21(20)32-23(27)29)25-22(28)17-6-4-10-26(13-17)33(30,31)14-16-5-3-7-18(24)11-16/h3,5,7-9,11-12,15,17H,4,6,10,13-14H2,1-2H3,(H,25,28)/t17-/m0/s1. The van der Waals surface area contributed by atoms with Crippen LogP contribution in [0.15, 0.2) is 47.3 Å². The lowest BCUT2D eigenvalue weighted by molar-refractivity contribution is -0.120. The molecule has 0 bridgehead atoms. The Morgan fingerprint density at radius 1 is 1.24 bits per heavy atom. The van der Waals surface area contributed by atoms with Gasteiger partial charge in [0.15, 0.2) is 0 Å². The van der Waals surface area contributed by atoms with E-state index in [-0.39, 0.29) is 29.1 Å². The van der Waals surface area contributed by atoms with Gasteiger partial charge in [-0.15, -0.1) is 0 Å². The molecule has 1 amide bonds. The second-order valence-corrected chi connectivity index (χ2v) is 12.0. The van der Waals surface area contributed by atoms with Crippen LogP contribution in [0.4, 0.5) is 5.69 Å². The van der Waals surface area contributed by atoms with Gasteiger partial charge in [-0.25, -0.2) is 12.7 Å². The number of anilines is 1. The fourth-order valence-electron chi connectivity index (χ4n) is 4.19. The maximum absolute atomic E-state index is 12.9. The summed E-state index contributed by atoms with van der Waals surface area (Å²) in [6, 6.07) is 12.3. The molecule has 0 spiro atoms. The number of nitrogens with zero attached hydrogens (tertiary/aromatic N) is 2. The van der Waals surface area contributed by atoms with E-state index in [0.29, 0.717) is 35.7 Å². The summed E-state index contributed by atoms with van der Waals surface area (Å²) in [6.07, 6.45) is 1.24. The number of aromatic nitrogens is 1. The van der Waals surface area contributed by atoms with Gasteiger partial charge in [0.2, 0.25) is 15.9 Å². The molecule has 1 aliphatic heterocycles. The molecule has 4 rings (SSSR count). The molecule has 0 saturated carbocycles. The summed E-state index contributed by atoms with van der Waals surface area (Å²) in [4.78, 5) is 25.2. The Morgan fingerprint density at radius 2 is 2.03 bits per heavy atom. The van der Waals surface area contributed by atoms with E-state index >= 15 is 0 Å². The maximum Gasteiger partial charge on any atom is 0.308 e. The molecular weight excluding hydrogens is 482 g/mol. The fourth-order valence-corrected chi connectivity index (χ4v) is 7.05. The van der Waals surface area contributed by atoms with Crippen LogP contribution in [0.3, 0.4) is 0 Å². The highest BCUT2D eigenvalue weighted by Crippen LogP contribution is 2.26. The molecule has 1 N–H and O–H groups in total. The van der Waals surface area contributed by atoms with E-state index in [1.54, 1.807) is 41.0 Å². The van der Waals surface area contributed by atoms with Crippen LogP contribution in [0.1, 0.15) is 38.3 Å². The molecule has 33 heavy (non-hydrogen) atoms. The van der Waals surface area contributed by atoms with Crippen LogP contribution < -0.4 is 10.2 Å². The molecule has 1 fully saturated rings. The predicted molar refractivity (Wildman–Crippen MR) is 133 cm³/mol. The van der Waals surface area contributed by atoms with Gasteiger partial charge in [0, 0.05) is 29.8 Å². The van der Waals surface area contributed by atoms with Crippen LogP contribution in [0.25, 0.3) is 10.2 Å². The number of piperidine rings is 1. The molecule has 1 aliphatic rings. The number of fused-ring (bicyclic) bond motifs is 1. The Morgan fingerprint density at radius 3 is 2.76 bits per heavy atom. The zero-order chi connectivity index (χ0) is 23.8. The normalized spacial score (nSPS) is 17.5. The molecule has 1 aromatic heterocycles. The number of benzene rings is 2. The lowest BCUT2D eigenvalue weighted by Crippen LogP contribution is -2.44. The molecule has 2 heterocycles. The van der Waals surface area contributed by atoms with E-state index in [1.165, 1.54) is 4.31 Å². The van der Waals surface area contributed by atoms with Gasteiger partial charge in [-0.2, -0.15) is 0 Å². The van der Waals surface area contributed by atoms with Crippen molar-refractivity contribution < 1.29 is 13.2 Å². The van der Waals surface area contributed by atoms with Crippen molar-refractivity contribution in [2.75, 3.05) is 18.4 Å². The van der Waals surface area contributed by atoms with E-state index in [1.807, 2.05) is 19.9 Å². The summed E-state index contributed by atoms with van der Waals surface area (Å²) < 4.78 is 29.8. The lowest BCUT2D eigenvalue weighted by Gasteiger charge is -2.31. The van der Waals surface area contributed by atoms with Gasteiger partial charge < -0.3 is 5.32 Å². The smallest absolute Gasteiger partial charge is 0.308 e. The highest BCUT2D eigenvalue weighted by molar-refractivity contribution is 7.88. The topological polar surface area (TPSA) is 88.5 Å². The molecule has 0 aliphatic carbocycles. The summed E-state index contributed by atoms with van der Waals surface area (Å²) in [5.74, 6) is -0.806. The van der Waals surface area contributed by atoms with Crippen molar-refractivity contribution in [3.05, 3.63) is 62.7 Å². The number of halogens is 1. The third-order valence-corrected chi connectivity index (χ3v) is 8.75. The van der Waals surface area contributed by atoms with Gasteiger partial charge in [-0.05, 0) is 62.6 Å². The van der Waals surface area contributed by atoms with Crippen molar-refractivity contribution in [3.63, 3.8) is 0 Å². The average molecular weight is 508 g/mol. The van der Waals surface area contributed by atoms with Crippen molar-refractivity contribution in [2.45, 2.75) is 38.5 Å². The number of thiazole rings is 1. The van der Waals surface area contributed by atoms with Crippen molar-refractivity contribution >= 4 is 54.8 Å². The van der Waals surface area contributed by atoms with Crippen molar-refractivity contribution in [3.8, 4) is 0 Å². The number of sulfonamides is 1. The number of carbonyl (C=O) groups excluding carboxylic acids is 1. The molecule has 176 valence electrons. The first-order valence-corrected chi connectivity index (χ1v) is 13.6. The van der Waals surface area contributed by atoms with Gasteiger partial charge >= 0.3 is 4.87 Å². The van der Waals surface area contributed by atoms with Crippen molar-refractivity contribution in [1.29, 1.82) is 0 Å². The second kappa shape index (κ2) is 9.58. The summed E-state index contributed by atoms with van der Waals surface area (Å²) in [5.41, 5.74) is 2.06. The molecular formula is C23H26ClN3O4S2. The van der Waals surface area contributed by atoms with Crippen LogP contribution in [0, 0.1) is 5.92 Å². The highest BCUT2D eigenvalue weighted by atomic mass is 35.5. The fraction of sp³-hybridized carbons (Fsp3) is 0.391. The minimum Gasteiger partial charge on any atom is -0.326 e. The van der Waals surface area contributed by atoms with Crippen LogP contribution >= 0.6 is 22.9 Å². The minimum absolute atomic E-state index is 0.0312. The SMILES string of the molecule is CC(C)n1c(=O)sc2cc(NC(=O)[C@H]3CCCN(S(=O)(=O)Cc4cccc(Cl)c4)C3)ccc21. The van der Waals surface area contributed by atoms with E-state index in [2.05, 4.69) is 5.32 Å². The number of hydrogen-bond acceptors (Lipinski definition) is 5. The van der Waals surface area contributed by atoms with E-state index < -0.39 is 15.9 Å². The van der Waals surface area contributed by atoms with Crippen LogP contribution in [0.5, 0.6) is 0 Å². The quantitative estimate of drug-likeness (QED) is 0.533. The first-order chi connectivity index (χ1) is 15.6. The molecule has 2 aromatic carbocycles. The molecule has 0 unspecified atom stereocenters. The largest absolute Gasteiger partial charge is 0.326 e. The Balaban J connectivity index is 1.46. The van der Waals surface area contributed by atoms with Gasteiger partial charge in [0.1, 0.15) is 0 Å². The van der Waals surface area contributed by atoms with Gasteiger partial charge in [-0.1, -0.05) is 35.1 Å². The van der Waals surface area contributed by atoms with E-state index in [0.717, 1.165) is 21.6 Å². The Kier molecular flexibility index (Phi) is 6.95. The highest BCUT2D eigenvalue weighted by Gasteiger charge is 2.32. The average Bonchev–Trinajstić information content (AvgIpc) is 3.08. The van der Waals surface area contributed by atoms with Crippen molar-refractivity contribution in [2.24, 2.45) is 5.92 Å². The van der Waals surface area contributed by atoms with Crippen LogP contribution in [-0.4, -0.2) is 36.3 Å². The molecule has 10 heteroatoms. The second-order valence-electron chi connectivity index (χ2n) is 8.59. The number of nitrogens with one attached hydrogen (secondary N) is 1. The first kappa shape index (κ1) is 23.9. The zero-order valence-corrected chi connectivity index (χ0v) is 20.8. The summed E-state index contributed by atoms with van der Waals surface area (Å²) in [5, 5.41) is 3.40. The zero-order valence-electron chi connectivity index (χ0n) is 18.5.